The van der Waals surface area contributed by atoms with Crippen LogP contribution in [0.2, 0.25) is 0 Å². The Hall–Kier alpha value is -0.390. The molecule has 1 aliphatic rings. The number of aromatic amines is 1. The summed E-state index contributed by atoms with van der Waals surface area (Å²) >= 11 is 3.42. The summed E-state index contributed by atoms with van der Waals surface area (Å²) in [7, 11) is 0. The number of nitrogens with one attached hydrogen (secondary N) is 2. The van der Waals surface area contributed by atoms with Crippen LogP contribution < -0.4 is 5.32 Å². The van der Waals surface area contributed by atoms with Crippen molar-refractivity contribution in [3.8, 4) is 0 Å². The lowest BCUT2D eigenvalue weighted by atomic mass is 10.2. The van der Waals surface area contributed by atoms with E-state index in [1.807, 2.05) is 0 Å². The van der Waals surface area contributed by atoms with Gasteiger partial charge in [0.1, 0.15) is 4.60 Å². The zero-order chi connectivity index (χ0) is 10.7. The van der Waals surface area contributed by atoms with Gasteiger partial charge in [0, 0.05) is 50.4 Å². The van der Waals surface area contributed by atoms with Crippen molar-refractivity contribution in [1.82, 2.24) is 20.4 Å². The molecule has 4 nitrogen and oxygen atoms in total. The molecule has 0 spiro atoms. The molecule has 1 saturated heterocycles. The standard InChI is InChI=1S/C10H17BrN4/c1-8-9(13-14-10(8)11)2-5-15-6-3-12-4-7-15/h12H,2-7H2,1H3,(H,13,14). The van der Waals surface area contributed by atoms with E-state index in [1.54, 1.807) is 0 Å². The van der Waals surface area contributed by atoms with E-state index in [4.69, 9.17) is 0 Å². The van der Waals surface area contributed by atoms with Gasteiger partial charge in [-0.3, -0.25) is 5.10 Å². The van der Waals surface area contributed by atoms with Crippen LogP contribution in [0.1, 0.15) is 11.3 Å². The maximum absolute atomic E-state index is 4.14. The minimum Gasteiger partial charge on any atom is -0.314 e. The van der Waals surface area contributed by atoms with E-state index in [9.17, 15) is 0 Å². The summed E-state index contributed by atoms with van der Waals surface area (Å²) in [6, 6.07) is 0. The van der Waals surface area contributed by atoms with Gasteiger partial charge in [0.2, 0.25) is 0 Å². The van der Waals surface area contributed by atoms with Crippen molar-refractivity contribution in [3.05, 3.63) is 15.9 Å². The highest BCUT2D eigenvalue weighted by molar-refractivity contribution is 9.10. The minimum atomic E-state index is 0.942. The molecular weight excluding hydrogens is 256 g/mol. The van der Waals surface area contributed by atoms with E-state index in [-0.39, 0.29) is 0 Å². The fourth-order valence-electron chi connectivity index (χ4n) is 1.86. The van der Waals surface area contributed by atoms with E-state index in [0.29, 0.717) is 0 Å². The van der Waals surface area contributed by atoms with Gasteiger partial charge in [0.25, 0.3) is 0 Å². The molecule has 15 heavy (non-hydrogen) atoms. The Morgan fingerprint density at radius 2 is 2.13 bits per heavy atom. The van der Waals surface area contributed by atoms with Crippen molar-refractivity contribution < 1.29 is 0 Å². The molecule has 1 aromatic rings. The molecule has 0 bridgehead atoms. The third-order valence-corrected chi connectivity index (χ3v) is 3.71. The van der Waals surface area contributed by atoms with Gasteiger partial charge in [-0.05, 0) is 22.9 Å². The van der Waals surface area contributed by atoms with Crippen LogP contribution in [0.25, 0.3) is 0 Å². The summed E-state index contributed by atoms with van der Waals surface area (Å²) in [4.78, 5) is 2.49. The Bertz CT molecular complexity index is 317. The van der Waals surface area contributed by atoms with Gasteiger partial charge >= 0.3 is 0 Å². The van der Waals surface area contributed by atoms with Gasteiger partial charge in [0.05, 0.1) is 0 Å². The van der Waals surface area contributed by atoms with Crippen LogP contribution in [0.15, 0.2) is 4.60 Å². The normalized spacial score (nSPS) is 18.3. The van der Waals surface area contributed by atoms with Gasteiger partial charge in [-0.15, -0.1) is 0 Å². The number of aromatic nitrogens is 2. The molecule has 2 heterocycles. The molecule has 1 fully saturated rings. The molecule has 1 aliphatic heterocycles. The first kappa shape index (κ1) is 11.1. The number of H-pyrrole nitrogens is 1. The highest BCUT2D eigenvalue weighted by Crippen LogP contribution is 2.16. The Morgan fingerprint density at radius 1 is 1.40 bits per heavy atom. The van der Waals surface area contributed by atoms with E-state index in [1.165, 1.54) is 11.3 Å². The Balaban J connectivity index is 1.84. The Kier molecular flexibility index (Phi) is 3.77. The summed E-state index contributed by atoms with van der Waals surface area (Å²) in [5.41, 5.74) is 2.49. The average Bonchev–Trinajstić information content (AvgIpc) is 2.59. The van der Waals surface area contributed by atoms with Crippen LogP contribution in [0.5, 0.6) is 0 Å². The van der Waals surface area contributed by atoms with Gasteiger partial charge in [-0.1, -0.05) is 0 Å². The number of rotatable bonds is 3. The van der Waals surface area contributed by atoms with Crippen molar-refractivity contribution in [2.75, 3.05) is 32.7 Å². The smallest absolute Gasteiger partial charge is 0.131 e. The molecule has 0 saturated carbocycles. The lowest BCUT2D eigenvalue weighted by Crippen LogP contribution is -2.44. The van der Waals surface area contributed by atoms with Crippen LogP contribution in [-0.4, -0.2) is 47.8 Å². The number of halogens is 1. The number of hydrogen-bond acceptors (Lipinski definition) is 3. The van der Waals surface area contributed by atoms with Gasteiger partial charge in [-0.2, -0.15) is 5.10 Å². The maximum atomic E-state index is 4.14. The molecule has 1 aromatic heterocycles. The summed E-state index contributed by atoms with van der Waals surface area (Å²) in [5.74, 6) is 0. The number of piperazine rings is 1. The van der Waals surface area contributed by atoms with E-state index in [0.717, 1.165) is 43.7 Å². The second kappa shape index (κ2) is 5.09. The first-order valence-electron chi connectivity index (χ1n) is 5.40. The monoisotopic (exact) mass is 272 g/mol. The molecule has 0 aliphatic carbocycles. The van der Waals surface area contributed by atoms with Gasteiger partial charge < -0.3 is 10.2 Å². The summed E-state index contributed by atoms with van der Waals surface area (Å²) in [5, 5.41) is 10.6. The van der Waals surface area contributed by atoms with Crippen LogP contribution in [0.3, 0.4) is 0 Å². The van der Waals surface area contributed by atoms with Crippen molar-refractivity contribution in [1.29, 1.82) is 0 Å². The molecule has 0 atom stereocenters. The molecule has 84 valence electrons. The quantitative estimate of drug-likeness (QED) is 0.861. The van der Waals surface area contributed by atoms with Crippen LogP contribution in [0.4, 0.5) is 0 Å². The summed E-state index contributed by atoms with van der Waals surface area (Å²) in [6.07, 6.45) is 1.06. The average molecular weight is 273 g/mol. The van der Waals surface area contributed by atoms with Crippen molar-refractivity contribution in [2.45, 2.75) is 13.3 Å². The minimum absolute atomic E-state index is 0.942. The van der Waals surface area contributed by atoms with E-state index >= 15 is 0 Å². The number of hydrogen-bond donors (Lipinski definition) is 2. The van der Waals surface area contributed by atoms with Gasteiger partial charge in [0.15, 0.2) is 0 Å². The highest BCUT2D eigenvalue weighted by Gasteiger charge is 2.11. The molecule has 0 aromatic carbocycles. The summed E-state index contributed by atoms with van der Waals surface area (Å²) in [6.45, 7) is 7.78. The second-order valence-corrected chi connectivity index (χ2v) is 4.71. The lowest BCUT2D eigenvalue weighted by molar-refractivity contribution is 0.243. The predicted octanol–water partition coefficient (Wildman–Crippen LogP) is 0.928. The Labute approximate surface area is 98.6 Å². The largest absolute Gasteiger partial charge is 0.314 e. The topological polar surface area (TPSA) is 44.0 Å². The predicted molar refractivity (Wildman–Crippen MR) is 64.0 cm³/mol. The zero-order valence-corrected chi connectivity index (χ0v) is 10.6. The zero-order valence-electron chi connectivity index (χ0n) is 9.02. The Morgan fingerprint density at radius 3 is 2.73 bits per heavy atom. The first-order chi connectivity index (χ1) is 7.27. The van der Waals surface area contributed by atoms with Gasteiger partial charge in [-0.25, -0.2) is 0 Å². The fourth-order valence-corrected chi connectivity index (χ4v) is 2.18. The van der Waals surface area contributed by atoms with Crippen molar-refractivity contribution >= 4 is 15.9 Å². The second-order valence-electron chi connectivity index (χ2n) is 3.96. The van der Waals surface area contributed by atoms with E-state index < -0.39 is 0 Å². The highest BCUT2D eigenvalue weighted by atomic mass is 79.9. The van der Waals surface area contributed by atoms with E-state index in [2.05, 4.69) is 43.3 Å². The SMILES string of the molecule is Cc1c(Br)n[nH]c1CCN1CCNCC1. The number of nitrogens with zero attached hydrogens (tertiary/aromatic N) is 2. The molecule has 0 radical (unpaired) electrons. The molecule has 5 heteroatoms. The molecule has 2 rings (SSSR count). The van der Waals surface area contributed by atoms with Crippen molar-refractivity contribution in [3.63, 3.8) is 0 Å². The molecule has 0 unspecified atom stereocenters. The van der Waals surface area contributed by atoms with Crippen LogP contribution >= 0.6 is 15.9 Å². The maximum Gasteiger partial charge on any atom is 0.131 e. The third-order valence-electron chi connectivity index (χ3n) is 2.94. The first-order valence-corrected chi connectivity index (χ1v) is 6.19. The third kappa shape index (κ3) is 2.80. The molecular formula is C10H17BrN4. The van der Waals surface area contributed by atoms with Crippen LogP contribution in [-0.2, 0) is 6.42 Å². The fraction of sp³-hybridized carbons (Fsp3) is 0.700. The lowest BCUT2D eigenvalue weighted by Gasteiger charge is -2.26. The van der Waals surface area contributed by atoms with Crippen LogP contribution in [0, 0.1) is 6.92 Å². The van der Waals surface area contributed by atoms with Crippen molar-refractivity contribution in [2.24, 2.45) is 0 Å². The summed E-state index contributed by atoms with van der Waals surface area (Å²) < 4.78 is 0.942. The molecule has 2 N–H and O–H groups in total. The molecule has 0 amide bonds.